The molecule has 0 spiro atoms. The second-order valence-electron chi connectivity index (χ2n) is 3.80. The van der Waals surface area contributed by atoms with E-state index in [2.05, 4.69) is 15.3 Å². The Hall–Kier alpha value is -1.98. The summed E-state index contributed by atoms with van der Waals surface area (Å²) in [4.78, 5) is 30.2. The van der Waals surface area contributed by atoms with Crippen LogP contribution >= 0.6 is 0 Å². The van der Waals surface area contributed by atoms with Gasteiger partial charge in [-0.3, -0.25) is 4.79 Å². The SMILES string of the molecule is CCC(C)C(NC(=O)c1cncnc1)C(=O)O. The molecule has 1 amide bonds. The molecule has 0 bridgehead atoms. The second-order valence-corrected chi connectivity index (χ2v) is 3.80. The summed E-state index contributed by atoms with van der Waals surface area (Å²) in [5.41, 5.74) is 0.252. The highest BCUT2D eigenvalue weighted by molar-refractivity contribution is 5.96. The lowest BCUT2D eigenvalue weighted by atomic mass is 9.99. The number of hydrogen-bond acceptors (Lipinski definition) is 4. The Bertz CT molecular complexity index is 394. The maximum atomic E-state index is 11.7. The first-order chi connectivity index (χ1) is 8.06. The van der Waals surface area contributed by atoms with Crippen LogP contribution in [0, 0.1) is 5.92 Å². The van der Waals surface area contributed by atoms with Crippen molar-refractivity contribution < 1.29 is 14.7 Å². The smallest absolute Gasteiger partial charge is 0.326 e. The van der Waals surface area contributed by atoms with Gasteiger partial charge in [0.05, 0.1) is 5.56 Å². The Morgan fingerprint density at radius 2 is 2.00 bits per heavy atom. The summed E-state index contributed by atoms with van der Waals surface area (Å²) >= 11 is 0. The molecule has 0 radical (unpaired) electrons. The molecule has 6 heteroatoms. The zero-order valence-corrected chi connectivity index (χ0v) is 9.75. The van der Waals surface area contributed by atoms with Gasteiger partial charge in [-0.05, 0) is 5.92 Å². The topological polar surface area (TPSA) is 92.2 Å². The Kier molecular flexibility index (Phi) is 4.56. The van der Waals surface area contributed by atoms with Crippen molar-refractivity contribution in [2.24, 2.45) is 5.92 Å². The number of aliphatic carboxylic acids is 1. The lowest BCUT2D eigenvalue weighted by Crippen LogP contribution is -2.45. The summed E-state index contributed by atoms with van der Waals surface area (Å²) in [5, 5.41) is 11.5. The third-order valence-corrected chi connectivity index (χ3v) is 2.59. The number of nitrogens with one attached hydrogen (secondary N) is 1. The predicted octanol–water partition coefficient (Wildman–Crippen LogP) is 0.706. The van der Waals surface area contributed by atoms with Gasteiger partial charge in [-0.2, -0.15) is 0 Å². The highest BCUT2D eigenvalue weighted by atomic mass is 16.4. The largest absolute Gasteiger partial charge is 0.480 e. The standard InChI is InChI=1S/C11H15N3O3/c1-3-7(2)9(11(16)17)14-10(15)8-4-12-6-13-5-8/h4-7,9H,3H2,1-2H3,(H,14,15)(H,16,17). The Morgan fingerprint density at radius 1 is 1.41 bits per heavy atom. The number of amides is 1. The van der Waals surface area contributed by atoms with E-state index in [1.807, 2.05) is 6.92 Å². The molecule has 2 N–H and O–H groups in total. The molecule has 0 aromatic carbocycles. The highest BCUT2D eigenvalue weighted by Gasteiger charge is 2.25. The first-order valence-electron chi connectivity index (χ1n) is 5.35. The number of carboxylic acid groups (broad SMARTS) is 1. The molecule has 0 aliphatic heterocycles. The third kappa shape index (κ3) is 3.51. The van der Waals surface area contributed by atoms with Gasteiger partial charge in [-0.15, -0.1) is 0 Å². The number of hydrogen-bond donors (Lipinski definition) is 2. The molecule has 0 aliphatic rings. The fourth-order valence-electron chi connectivity index (χ4n) is 1.32. The molecule has 2 unspecified atom stereocenters. The molecule has 1 aromatic rings. The molecule has 92 valence electrons. The van der Waals surface area contributed by atoms with Crippen LogP contribution in [0.25, 0.3) is 0 Å². The summed E-state index contributed by atoms with van der Waals surface area (Å²) in [7, 11) is 0. The van der Waals surface area contributed by atoms with Crippen molar-refractivity contribution in [1.29, 1.82) is 0 Å². The number of rotatable bonds is 5. The van der Waals surface area contributed by atoms with Crippen LogP contribution in [-0.4, -0.2) is 33.0 Å². The van der Waals surface area contributed by atoms with Gasteiger partial charge >= 0.3 is 5.97 Å². The molecule has 0 fully saturated rings. The van der Waals surface area contributed by atoms with E-state index in [9.17, 15) is 9.59 Å². The quantitative estimate of drug-likeness (QED) is 0.786. The summed E-state index contributed by atoms with van der Waals surface area (Å²) in [6.45, 7) is 3.65. The first-order valence-corrected chi connectivity index (χ1v) is 5.35. The molecule has 2 atom stereocenters. The molecule has 0 saturated heterocycles. The van der Waals surface area contributed by atoms with E-state index in [0.717, 1.165) is 0 Å². The monoisotopic (exact) mass is 237 g/mol. The Labute approximate surface area is 99.1 Å². The normalized spacial score (nSPS) is 13.8. The number of carboxylic acids is 1. The summed E-state index contributed by atoms with van der Waals surface area (Å²) in [6, 6.07) is -0.896. The average Bonchev–Trinajstić information content (AvgIpc) is 2.35. The van der Waals surface area contributed by atoms with Gasteiger partial charge in [0, 0.05) is 12.4 Å². The van der Waals surface area contributed by atoms with Crippen LogP contribution in [-0.2, 0) is 4.79 Å². The minimum atomic E-state index is -1.04. The molecule has 17 heavy (non-hydrogen) atoms. The van der Waals surface area contributed by atoms with Crippen molar-refractivity contribution >= 4 is 11.9 Å². The van der Waals surface area contributed by atoms with Crippen LogP contribution in [0.5, 0.6) is 0 Å². The first kappa shape index (κ1) is 13.1. The van der Waals surface area contributed by atoms with Gasteiger partial charge in [0.1, 0.15) is 12.4 Å². The highest BCUT2D eigenvalue weighted by Crippen LogP contribution is 2.08. The van der Waals surface area contributed by atoms with Crippen molar-refractivity contribution in [3.63, 3.8) is 0 Å². The molecular formula is C11H15N3O3. The predicted molar refractivity (Wildman–Crippen MR) is 60.4 cm³/mol. The Balaban J connectivity index is 2.75. The molecule has 6 nitrogen and oxygen atoms in total. The van der Waals surface area contributed by atoms with Gasteiger partial charge in [-0.25, -0.2) is 14.8 Å². The molecule has 0 aliphatic carbocycles. The fourth-order valence-corrected chi connectivity index (χ4v) is 1.32. The van der Waals surface area contributed by atoms with E-state index in [1.165, 1.54) is 18.7 Å². The lowest BCUT2D eigenvalue weighted by Gasteiger charge is -2.19. The van der Waals surface area contributed by atoms with Crippen LogP contribution < -0.4 is 5.32 Å². The van der Waals surface area contributed by atoms with Crippen LogP contribution in [0.4, 0.5) is 0 Å². The van der Waals surface area contributed by atoms with Gasteiger partial charge in [-0.1, -0.05) is 20.3 Å². The fraction of sp³-hybridized carbons (Fsp3) is 0.455. The number of aromatic nitrogens is 2. The minimum absolute atomic E-state index is 0.138. The van der Waals surface area contributed by atoms with Crippen molar-refractivity contribution in [3.8, 4) is 0 Å². The Morgan fingerprint density at radius 3 is 2.47 bits per heavy atom. The summed E-state index contributed by atoms with van der Waals surface area (Å²) < 4.78 is 0. The average molecular weight is 237 g/mol. The van der Waals surface area contributed by atoms with E-state index in [4.69, 9.17) is 5.11 Å². The van der Waals surface area contributed by atoms with E-state index in [-0.39, 0.29) is 11.5 Å². The lowest BCUT2D eigenvalue weighted by molar-refractivity contribution is -0.140. The van der Waals surface area contributed by atoms with Crippen LogP contribution in [0.1, 0.15) is 30.6 Å². The molecule has 1 rings (SSSR count). The zero-order valence-electron chi connectivity index (χ0n) is 9.75. The van der Waals surface area contributed by atoms with E-state index in [1.54, 1.807) is 6.92 Å². The van der Waals surface area contributed by atoms with Crippen molar-refractivity contribution in [3.05, 3.63) is 24.3 Å². The van der Waals surface area contributed by atoms with E-state index >= 15 is 0 Å². The maximum Gasteiger partial charge on any atom is 0.326 e. The number of nitrogens with zero attached hydrogens (tertiary/aromatic N) is 2. The molecule has 0 saturated carbocycles. The second kappa shape index (κ2) is 5.93. The minimum Gasteiger partial charge on any atom is -0.480 e. The van der Waals surface area contributed by atoms with Gasteiger partial charge in [0.2, 0.25) is 0 Å². The van der Waals surface area contributed by atoms with Crippen LogP contribution in [0.2, 0.25) is 0 Å². The van der Waals surface area contributed by atoms with Crippen molar-refractivity contribution in [2.75, 3.05) is 0 Å². The van der Waals surface area contributed by atoms with E-state index in [0.29, 0.717) is 6.42 Å². The van der Waals surface area contributed by atoms with Gasteiger partial charge in [0.25, 0.3) is 5.91 Å². The zero-order chi connectivity index (χ0) is 12.8. The van der Waals surface area contributed by atoms with Crippen molar-refractivity contribution in [2.45, 2.75) is 26.3 Å². The maximum absolute atomic E-state index is 11.7. The van der Waals surface area contributed by atoms with Gasteiger partial charge in [0.15, 0.2) is 0 Å². The summed E-state index contributed by atoms with van der Waals surface area (Å²) in [5.74, 6) is -1.65. The number of carbonyl (C=O) groups excluding carboxylic acids is 1. The van der Waals surface area contributed by atoms with E-state index < -0.39 is 17.9 Å². The van der Waals surface area contributed by atoms with Crippen LogP contribution in [0.15, 0.2) is 18.7 Å². The van der Waals surface area contributed by atoms with Crippen LogP contribution in [0.3, 0.4) is 0 Å². The number of carbonyl (C=O) groups is 2. The third-order valence-electron chi connectivity index (χ3n) is 2.59. The van der Waals surface area contributed by atoms with Gasteiger partial charge < -0.3 is 10.4 Å². The molecule has 1 aromatic heterocycles. The molecule has 1 heterocycles. The summed E-state index contributed by atoms with van der Waals surface area (Å²) in [6.07, 6.45) is 4.67. The molecular weight excluding hydrogens is 222 g/mol. The van der Waals surface area contributed by atoms with Crippen molar-refractivity contribution in [1.82, 2.24) is 15.3 Å².